The first-order valence-corrected chi connectivity index (χ1v) is 13.1. The Kier molecular flexibility index (Phi) is 11.9. The van der Waals surface area contributed by atoms with Crippen molar-refractivity contribution >= 4 is 17.6 Å². The lowest BCUT2D eigenvalue weighted by atomic mass is 10.0. The lowest BCUT2D eigenvalue weighted by molar-refractivity contribution is -0.0137. The maximum atomic E-state index is 14.0. The van der Waals surface area contributed by atoms with E-state index >= 15 is 0 Å². The van der Waals surface area contributed by atoms with E-state index in [1.165, 1.54) is 0 Å². The second-order valence-electron chi connectivity index (χ2n) is 10.5. The van der Waals surface area contributed by atoms with E-state index in [1.54, 1.807) is 23.1 Å². The van der Waals surface area contributed by atoms with E-state index in [0.717, 1.165) is 25.8 Å². The van der Waals surface area contributed by atoms with Crippen LogP contribution in [0.2, 0.25) is 0 Å². The smallest absolute Gasteiger partial charge is 0.319 e. The first-order valence-electron chi connectivity index (χ1n) is 13.1. The molecule has 1 heterocycles. The van der Waals surface area contributed by atoms with Crippen molar-refractivity contribution in [1.29, 1.82) is 0 Å². The molecule has 0 fully saturated rings. The number of rotatable bonds is 6. The van der Waals surface area contributed by atoms with Crippen molar-refractivity contribution in [3.63, 3.8) is 0 Å². The fraction of sp³-hybridized carbons (Fsp3) is 0.704. The average molecular weight is 507 g/mol. The third-order valence-corrected chi connectivity index (χ3v) is 6.27. The van der Waals surface area contributed by atoms with Crippen LogP contribution in [0.25, 0.3) is 0 Å². The molecule has 0 bridgehead atoms. The van der Waals surface area contributed by atoms with E-state index < -0.39 is 6.04 Å². The number of likely N-dealkylation sites (N-methyl/N-ethyl adjacent to an activating group) is 1. The number of fused-ring (bicyclic) bond motifs is 1. The zero-order chi connectivity index (χ0) is 26.8. The van der Waals surface area contributed by atoms with Crippen LogP contribution in [0.5, 0.6) is 5.75 Å². The summed E-state index contributed by atoms with van der Waals surface area (Å²) in [5.41, 5.74) is 0.856. The largest absolute Gasteiger partial charge is 0.490 e. The van der Waals surface area contributed by atoms with Gasteiger partial charge in [0.1, 0.15) is 5.75 Å². The van der Waals surface area contributed by atoms with Crippen LogP contribution in [0.1, 0.15) is 64.2 Å². The van der Waals surface area contributed by atoms with Crippen molar-refractivity contribution in [2.75, 3.05) is 45.7 Å². The molecular formula is C27H46N4O5. The molecule has 2 rings (SSSR count). The van der Waals surface area contributed by atoms with Gasteiger partial charge in [0, 0.05) is 37.3 Å². The molecule has 1 aromatic rings. The third kappa shape index (κ3) is 9.26. The third-order valence-electron chi connectivity index (χ3n) is 6.27. The van der Waals surface area contributed by atoms with Crippen molar-refractivity contribution in [2.45, 2.75) is 78.2 Å². The molecule has 0 saturated carbocycles. The zero-order valence-corrected chi connectivity index (χ0v) is 23.0. The summed E-state index contributed by atoms with van der Waals surface area (Å²) in [4.78, 5) is 30.0. The SMILES string of the molecule is CC(C)NC(=O)Nc1ccc2c(c1)C(=O)N([C@H](C)CO)C[C@@H](C)[C@@H](CN(C)C)OCCCC[C@H](C)O2. The highest BCUT2D eigenvalue weighted by atomic mass is 16.5. The van der Waals surface area contributed by atoms with E-state index in [1.807, 2.05) is 41.8 Å². The van der Waals surface area contributed by atoms with Gasteiger partial charge in [-0.2, -0.15) is 0 Å². The van der Waals surface area contributed by atoms with Gasteiger partial charge in [-0.3, -0.25) is 4.79 Å². The van der Waals surface area contributed by atoms with Crippen LogP contribution in [0.15, 0.2) is 18.2 Å². The molecule has 0 spiro atoms. The number of carbonyl (C=O) groups excluding carboxylic acids is 2. The molecule has 0 unspecified atom stereocenters. The second kappa shape index (κ2) is 14.4. The van der Waals surface area contributed by atoms with Crippen LogP contribution >= 0.6 is 0 Å². The lowest BCUT2D eigenvalue weighted by Gasteiger charge is -2.35. The monoisotopic (exact) mass is 506 g/mol. The summed E-state index contributed by atoms with van der Waals surface area (Å²) in [6.45, 7) is 11.3. The molecule has 4 atom stereocenters. The molecule has 36 heavy (non-hydrogen) atoms. The highest BCUT2D eigenvalue weighted by Crippen LogP contribution is 2.28. The fourth-order valence-corrected chi connectivity index (χ4v) is 4.25. The minimum atomic E-state index is -0.404. The van der Waals surface area contributed by atoms with Gasteiger partial charge < -0.3 is 35.0 Å². The normalized spacial score (nSPS) is 23.0. The summed E-state index contributed by atoms with van der Waals surface area (Å²) < 4.78 is 12.5. The molecule has 3 N–H and O–H groups in total. The number of nitrogens with zero attached hydrogens (tertiary/aromatic N) is 2. The minimum Gasteiger partial charge on any atom is -0.490 e. The Hall–Kier alpha value is -2.36. The number of hydrogen-bond acceptors (Lipinski definition) is 6. The van der Waals surface area contributed by atoms with E-state index in [-0.39, 0.29) is 42.7 Å². The van der Waals surface area contributed by atoms with Gasteiger partial charge in [-0.1, -0.05) is 6.92 Å². The van der Waals surface area contributed by atoms with E-state index in [4.69, 9.17) is 9.47 Å². The van der Waals surface area contributed by atoms with E-state index in [0.29, 0.717) is 30.2 Å². The van der Waals surface area contributed by atoms with Gasteiger partial charge in [-0.05, 0) is 79.3 Å². The summed E-state index contributed by atoms with van der Waals surface area (Å²) in [5.74, 6) is 0.261. The molecule has 1 aliphatic rings. The van der Waals surface area contributed by atoms with E-state index in [2.05, 4.69) is 22.5 Å². The fourth-order valence-electron chi connectivity index (χ4n) is 4.25. The van der Waals surface area contributed by atoms with Crippen LogP contribution < -0.4 is 15.4 Å². The molecule has 0 aromatic heterocycles. The quantitative estimate of drug-likeness (QED) is 0.545. The number of anilines is 1. The molecule has 9 nitrogen and oxygen atoms in total. The number of amides is 3. The maximum Gasteiger partial charge on any atom is 0.319 e. The van der Waals surface area contributed by atoms with Gasteiger partial charge in [0.15, 0.2) is 0 Å². The van der Waals surface area contributed by atoms with Gasteiger partial charge in [0.05, 0.1) is 30.4 Å². The Balaban J connectivity index is 2.46. The standard InChI is InChI=1S/C27H46N4O5/c1-18(2)28-27(34)29-22-11-12-24-23(14-22)26(33)31(20(4)17-32)15-19(3)25(16-30(6)7)35-13-9-8-10-21(5)36-24/h11-12,14,18-21,25,32H,8-10,13,15-17H2,1-7H3,(H2,28,29,34)/t19-,20-,21+,25-/m1/s1. The number of ether oxygens (including phenoxy) is 2. The summed E-state index contributed by atoms with van der Waals surface area (Å²) in [6.07, 6.45) is 2.57. The first-order chi connectivity index (χ1) is 17.0. The summed E-state index contributed by atoms with van der Waals surface area (Å²) in [7, 11) is 4.03. The van der Waals surface area contributed by atoms with Gasteiger partial charge in [-0.15, -0.1) is 0 Å². The molecule has 1 aliphatic heterocycles. The number of urea groups is 1. The average Bonchev–Trinajstić information content (AvgIpc) is 2.80. The lowest BCUT2D eigenvalue weighted by Crippen LogP contribution is -2.47. The molecule has 204 valence electrons. The topological polar surface area (TPSA) is 103 Å². The van der Waals surface area contributed by atoms with Gasteiger partial charge >= 0.3 is 6.03 Å². The highest BCUT2D eigenvalue weighted by molar-refractivity contribution is 5.99. The Morgan fingerprint density at radius 1 is 1.22 bits per heavy atom. The van der Waals surface area contributed by atoms with Crippen molar-refractivity contribution in [2.24, 2.45) is 5.92 Å². The predicted molar refractivity (Wildman–Crippen MR) is 143 cm³/mol. The van der Waals surface area contributed by atoms with E-state index in [9.17, 15) is 14.7 Å². The molecule has 0 radical (unpaired) electrons. The molecule has 0 saturated heterocycles. The Morgan fingerprint density at radius 3 is 2.58 bits per heavy atom. The van der Waals surface area contributed by atoms with Crippen LogP contribution in [-0.2, 0) is 4.74 Å². The number of aliphatic hydroxyl groups is 1. The Bertz CT molecular complexity index is 847. The molecular weight excluding hydrogens is 460 g/mol. The number of nitrogens with one attached hydrogen (secondary N) is 2. The number of carbonyl (C=O) groups is 2. The van der Waals surface area contributed by atoms with Crippen LogP contribution in [0.4, 0.5) is 10.5 Å². The molecule has 9 heteroatoms. The number of aliphatic hydroxyl groups excluding tert-OH is 1. The number of benzene rings is 1. The maximum absolute atomic E-state index is 14.0. The van der Waals surface area contributed by atoms with Crippen molar-refractivity contribution < 1.29 is 24.2 Å². The van der Waals surface area contributed by atoms with Crippen molar-refractivity contribution in [3.8, 4) is 5.75 Å². The molecule has 3 amide bonds. The van der Waals surface area contributed by atoms with Crippen LogP contribution in [0, 0.1) is 5.92 Å². The predicted octanol–water partition coefficient (Wildman–Crippen LogP) is 3.57. The molecule has 1 aromatic carbocycles. The van der Waals surface area contributed by atoms with Gasteiger partial charge in [0.25, 0.3) is 5.91 Å². The van der Waals surface area contributed by atoms with Crippen LogP contribution in [-0.4, -0.2) is 91.5 Å². The summed E-state index contributed by atoms with van der Waals surface area (Å²) in [5, 5.41) is 15.6. The van der Waals surface area contributed by atoms with Gasteiger partial charge in [0.2, 0.25) is 0 Å². The summed E-state index contributed by atoms with van der Waals surface area (Å²) >= 11 is 0. The first kappa shape index (κ1) is 29.9. The van der Waals surface area contributed by atoms with Crippen molar-refractivity contribution in [1.82, 2.24) is 15.1 Å². The van der Waals surface area contributed by atoms with Crippen LogP contribution in [0.3, 0.4) is 0 Å². The molecule has 0 aliphatic carbocycles. The second-order valence-corrected chi connectivity index (χ2v) is 10.5. The number of hydrogen-bond donors (Lipinski definition) is 3. The summed E-state index contributed by atoms with van der Waals surface area (Å²) in [6, 6.07) is 4.37. The van der Waals surface area contributed by atoms with Gasteiger partial charge in [-0.25, -0.2) is 4.79 Å². The van der Waals surface area contributed by atoms with Crippen molar-refractivity contribution in [3.05, 3.63) is 23.8 Å². The minimum absolute atomic E-state index is 0.0205. The Morgan fingerprint density at radius 2 is 1.94 bits per heavy atom. The highest BCUT2D eigenvalue weighted by Gasteiger charge is 2.30. The Labute approximate surface area is 216 Å². The zero-order valence-electron chi connectivity index (χ0n) is 23.0.